The summed E-state index contributed by atoms with van der Waals surface area (Å²) < 4.78 is 24.0. The molecule has 0 aromatic heterocycles. The van der Waals surface area contributed by atoms with Gasteiger partial charge in [-0.1, -0.05) is 0 Å². The van der Waals surface area contributed by atoms with E-state index in [1.165, 1.54) is 19.2 Å². The first-order valence-corrected chi connectivity index (χ1v) is 8.56. The Kier molecular flexibility index (Phi) is 4.94. The number of halogens is 1. The topological polar surface area (TPSA) is 47.6 Å². The van der Waals surface area contributed by atoms with Gasteiger partial charge >= 0.3 is 0 Å². The molecule has 0 aliphatic carbocycles. The van der Waals surface area contributed by atoms with E-state index in [9.17, 15) is 9.18 Å². The average molecular weight is 347 g/mol. The Morgan fingerprint density at radius 2 is 2.04 bits per heavy atom. The predicted octanol–water partition coefficient (Wildman–Crippen LogP) is 3.81. The van der Waals surface area contributed by atoms with E-state index in [4.69, 9.17) is 9.47 Å². The highest BCUT2D eigenvalue weighted by Crippen LogP contribution is 2.37. The number of methoxy groups -OCH3 is 2. The molecule has 0 saturated carbocycles. The SMILES string of the molecule is COc1ccc(C(=O)NC2CCSc3ccc(F)cc32)c(OC)c1. The highest BCUT2D eigenvalue weighted by molar-refractivity contribution is 7.99. The van der Waals surface area contributed by atoms with Crippen LogP contribution in [0, 0.1) is 5.82 Å². The number of thioether (sulfide) groups is 1. The van der Waals surface area contributed by atoms with Crippen LogP contribution in [0.25, 0.3) is 0 Å². The second-order valence-corrected chi connectivity index (χ2v) is 6.55. The summed E-state index contributed by atoms with van der Waals surface area (Å²) in [6.45, 7) is 0. The van der Waals surface area contributed by atoms with Crippen molar-refractivity contribution in [2.24, 2.45) is 0 Å². The number of ether oxygens (including phenoxy) is 2. The van der Waals surface area contributed by atoms with Gasteiger partial charge < -0.3 is 14.8 Å². The molecule has 1 aliphatic rings. The number of amides is 1. The largest absolute Gasteiger partial charge is 0.497 e. The molecule has 0 radical (unpaired) electrons. The van der Waals surface area contributed by atoms with Gasteiger partial charge in [0.15, 0.2) is 0 Å². The van der Waals surface area contributed by atoms with Gasteiger partial charge in [0.2, 0.25) is 0 Å². The molecule has 24 heavy (non-hydrogen) atoms. The lowest BCUT2D eigenvalue weighted by Gasteiger charge is -2.26. The lowest BCUT2D eigenvalue weighted by molar-refractivity contribution is 0.0931. The van der Waals surface area contributed by atoms with E-state index >= 15 is 0 Å². The van der Waals surface area contributed by atoms with Crippen LogP contribution in [0.4, 0.5) is 4.39 Å². The summed E-state index contributed by atoms with van der Waals surface area (Å²) in [6, 6.07) is 9.54. The summed E-state index contributed by atoms with van der Waals surface area (Å²) in [7, 11) is 3.06. The van der Waals surface area contributed by atoms with Gasteiger partial charge in [-0.05, 0) is 42.3 Å². The van der Waals surface area contributed by atoms with E-state index in [-0.39, 0.29) is 17.8 Å². The Balaban J connectivity index is 1.85. The second kappa shape index (κ2) is 7.13. The van der Waals surface area contributed by atoms with Gasteiger partial charge in [-0.3, -0.25) is 4.79 Å². The molecule has 1 atom stereocenters. The molecule has 6 heteroatoms. The number of rotatable bonds is 4. The van der Waals surface area contributed by atoms with Crippen molar-refractivity contribution >= 4 is 17.7 Å². The fourth-order valence-electron chi connectivity index (χ4n) is 2.74. The Morgan fingerprint density at radius 1 is 1.21 bits per heavy atom. The molecule has 2 aromatic carbocycles. The summed E-state index contributed by atoms with van der Waals surface area (Å²) >= 11 is 1.68. The standard InChI is InChI=1S/C18H18FNO3S/c1-22-12-4-5-13(16(10-12)23-2)18(21)20-15-7-8-24-17-6-3-11(19)9-14(15)17/h3-6,9-10,15H,7-8H2,1-2H3,(H,20,21). The minimum Gasteiger partial charge on any atom is -0.497 e. The van der Waals surface area contributed by atoms with Gasteiger partial charge in [0.25, 0.3) is 5.91 Å². The van der Waals surface area contributed by atoms with E-state index < -0.39 is 0 Å². The fraction of sp³-hybridized carbons (Fsp3) is 0.278. The fourth-order valence-corrected chi connectivity index (χ4v) is 3.84. The minimum absolute atomic E-state index is 0.212. The lowest BCUT2D eigenvalue weighted by atomic mass is 10.0. The van der Waals surface area contributed by atoms with Gasteiger partial charge in [-0.25, -0.2) is 4.39 Å². The second-order valence-electron chi connectivity index (χ2n) is 5.41. The van der Waals surface area contributed by atoms with Crippen LogP contribution >= 0.6 is 11.8 Å². The molecule has 4 nitrogen and oxygen atoms in total. The third-order valence-corrected chi connectivity index (χ3v) is 5.09. The Morgan fingerprint density at radius 3 is 2.79 bits per heavy atom. The van der Waals surface area contributed by atoms with Gasteiger partial charge in [0, 0.05) is 16.7 Å². The number of hydrogen-bond donors (Lipinski definition) is 1. The zero-order valence-electron chi connectivity index (χ0n) is 13.5. The number of nitrogens with one attached hydrogen (secondary N) is 1. The molecule has 126 valence electrons. The summed E-state index contributed by atoms with van der Waals surface area (Å²) in [5, 5.41) is 2.99. The van der Waals surface area contributed by atoms with Crippen molar-refractivity contribution in [3.8, 4) is 11.5 Å². The summed E-state index contributed by atoms with van der Waals surface area (Å²) in [6.07, 6.45) is 0.755. The zero-order valence-corrected chi connectivity index (χ0v) is 14.3. The smallest absolute Gasteiger partial charge is 0.255 e. The van der Waals surface area contributed by atoms with E-state index in [2.05, 4.69) is 5.32 Å². The quantitative estimate of drug-likeness (QED) is 0.914. The number of carbonyl (C=O) groups is 1. The first-order valence-electron chi connectivity index (χ1n) is 7.57. The summed E-state index contributed by atoms with van der Waals surface area (Å²) in [5.41, 5.74) is 1.25. The highest BCUT2D eigenvalue weighted by Gasteiger charge is 2.24. The van der Waals surface area contributed by atoms with Crippen molar-refractivity contribution in [2.45, 2.75) is 17.4 Å². The molecule has 0 fully saturated rings. The molecule has 0 spiro atoms. The van der Waals surface area contributed by atoms with E-state index in [0.29, 0.717) is 17.1 Å². The number of fused-ring (bicyclic) bond motifs is 1. The van der Waals surface area contributed by atoms with Crippen LogP contribution in [-0.2, 0) is 0 Å². The molecule has 1 N–H and O–H groups in total. The first-order chi connectivity index (χ1) is 11.6. The Bertz CT molecular complexity index is 766. The normalized spacial score (nSPS) is 16.2. The van der Waals surface area contributed by atoms with Crippen molar-refractivity contribution in [1.82, 2.24) is 5.32 Å². The number of hydrogen-bond acceptors (Lipinski definition) is 4. The van der Waals surface area contributed by atoms with Crippen LogP contribution in [0.3, 0.4) is 0 Å². The maximum atomic E-state index is 13.6. The molecular weight excluding hydrogens is 329 g/mol. The molecule has 0 bridgehead atoms. The molecule has 0 saturated heterocycles. The number of benzene rings is 2. The van der Waals surface area contributed by atoms with Crippen molar-refractivity contribution in [3.05, 3.63) is 53.3 Å². The van der Waals surface area contributed by atoms with Gasteiger partial charge in [0.1, 0.15) is 17.3 Å². The maximum Gasteiger partial charge on any atom is 0.255 e. The summed E-state index contributed by atoms with van der Waals surface area (Å²) in [5.74, 6) is 1.39. The molecule has 1 heterocycles. The van der Waals surface area contributed by atoms with Crippen LogP contribution in [-0.4, -0.2) is 25.9 Å². The van der Waals surface area contributed by atoms with Crippen molar-refractivity contribution in [1.29, 1.82) is 0 Å². The Hall–Kier alpha value is -2.21. The molecular formula is C18H18FNO3S. The van der Waals surface area contributed by atoms with Gasteiger partial charge in [0.05, 0.1) is 25.8 Å². The predicted molar refractivity (Wildman–Crippen MR) is 91.5 cm³/mol. The third kappa shape index (κ3) is 3.33. The summed E-state index contributed by atoms with van der Waals surface area (Å²) in [4.78, 5) is 13.7. The average Bonchev–Trinajstić information content (AvgIpc) is 2.61. The lowest BCUT2D eigenvalue weighted by Crippen LogP contribution is -2.31. The molecule has 2 aromatic rings. The maximum absolute atomic E-state index is 13.6. The van der Waals surface area contributed by atoms with Crippen molar-refractivity contribution < 1.29 is 18.7 Å². The monoisotopic (exact) mass is 347 g/mol. The van der Waals surface area contributed by atoms with Gasteiger partial charge in [-0.15, -0.1) is 11.8 Å². The first kappa shape index (κ1) is 16.6. The van der Waals surface area contributed by atoms with E-state index in [1.807, 2.05) is 0 Å². The molecule has 1 aliphatic heterocycles. The highest BCUT2D eigenvalue weighted by atomic mass is 32.2. The van der Waals surface area contributed by atoms with Crippen LogP contribution in [0.1, 0.15) is 28.4 Å². The van der Waals surface area contributed by atoms with Crippen LogP contribution < -0.4 is 14.8 Å². The minimum atomic E-state index is -0.294. The van der Waals surface area contributed by atoms with E-state index in [0.717, 1.165) is 22.6 Å². The van der Waals surface area contributed by atoms with Crippen LogP contribution in [0.5, 0.6) is 11.5 Å². The molecule has 1 amide bonds. The van der Waals surface area contributed by atoms with Gasteiger partial charge in [-0.2, -0.15) is 0 Å². The molecule has 1 unspecified atom stereocenters. The van der Waals surface area contributed by atoms with Crippen LogP contribution in [0.2, 0.25) is 0 Å². The Labute approximate surface area is 144 Å². The van der Waals surface area contributed by atoms with Crippen molar-refractivity contribution in [2.75, 3.05) is 20.0 Å². The number of carbonyl (C=O) groups excluding carboxylic acids is 1. The van der Waals surface area contributed by atoms with Crippen molar-refractivity contribution in [3.63, 3.8) is 0 Å². The van der Waals surface area contributed by atoms with Crippen LogP contribution in [0.15, 0.2) is 41.3 Å². The molecule has 3 rings (SSSR count). The third-order valence-electron chi connectivity index (χ3n) is 3.97. The van der Waals surface area contributed by atoms with E-state index in [1.54, 1.807) is 43.1 Å². The zero-order chi connectivity index (χ0) is 17.1.